The average Bonchev–Trinajstić information content (AvgIpc) is 3.15. The molecule has 4 N–H and O–H groups in total. The highest BCUT2D eigenvalue weighted by Gasteiger charge is 2.42. The summed E-state index contributed by atoms with van der Waals surface area (Å²) in [5.41, 5.74) is 7.11. The number of carbonyl (C=O) groups excluding carboxylic acids is 3. The van der Waals surface area contributed by atoms with Crippen molar-refractivity contribution in [3.63, 3.8) is 0 Å². The van der Waals surface area contributed by atoms with Crippen LogP contribution in [0.2, 0.25) is 0 Å². The molecule has 0 radical (unpaired) electrons. The van der Waals surface area contributed by atoms with E-state index in [0.717, 1.165) is 18.4 Å². The van der Waals surface area contributed by atoms with Crippen LogP contribution >= 0.6 is 11.8 Å². The van der Waals surface area contributed by atoms with Crippen molar-refractivity contribution in [2.45, 2.75) is 51.3 Å². The summed E-state index contributed by atoms with van der Waals surface area (Å²) in [6.07, 6.45) is 5.89. The van der Waals surface area contributed by atoms with Gasteiger partial charge in [-0.3, -0.25) is 14.4 Å². The lowest BCUT2D eigenvalue weighted by atomic mass is 9.88. The van der Waals surface area contributed by atoms with Crippen molar-refractivity contribution in [3.8, 4) is 0 Å². The monoisotopic (exact) mass is 445 g/mol. The highest BCUT2D eigenvalue weighted by atomic mass is 32.2. The zero-order valence-electron chi connectivity index (χ0n) is 18.5. The fraction of sp³-hybridized carbons (Fsp3) is 0.545. The molecule has 0 spiro atoms. The summed E-state index contributed by atoms with van der Waals surface area (Å²) < 4.78 is 0. The van der Waals surface area contributed by atoms with Gasteiger partial charge in [-0.05, 0) is 42.7 Å². The highest BCUT2D eigenvalue weighted by Crippen LogP contribution is 2.42. The standard InChI is InChI=1S/C22H31N5O3S/c1-5-14-9-15(10-25-19(14)23)26-21(29)22(30)27-11-12(2)6-7-16(27)18-13(3)8-17(31-18)20(28)24-4/h8-10,12-13,16,18H,5-7,11H2,1-4H3,(H2,23,25)(H,24,28)(H,26,29)/t12-,13?,16+,18?/m1/s1. The van der Waals surface area contributed by atoms with Gasteiger partial charge in [0.15, 0.2) is 0 Å². The van der Waals surface area contributed by atoms with E-state index in [2.05, 4.69) is 29.5 Å². The molecule has 0 saturated carbocycles. The predicted molar refractivity (Wildman–Crippen MR) is 123 cm³/mol. The van der Waals surface area contributed by atoms with Gasteiger partial charge in [-0.1, -0.05) is 26.8 Å². The summed E-state index contributed by atoms with van der Waals surface area (Å²) >= 11 is 1.50. The number of hydrogen-bond donors (Lipinski definition) is 3. The SMILES string of the molecule is CCc1cc(NC(=O)C(=O)N2C[C@H](C)CC[C@H]2C2SC(C(=O)NC)=CC2C)cnc1N. The number of likely N-dealkylation sites (N-methyl/N-ethyl adjacent to an activating group) is 1. The molecule has 4 atom stereocenters. The van der Waals surface area contributed by atoms with E-state index in [1.54, 1.807) is 18.0 Å². The lowest BCUT2D eigenvalue weighted by Crippen LogP contribution is -2.54. The second kappa shape index (κ2) is 9.72. The van der Waals surface area contributed by atoms with Crippen LogP contribution in [0.4, 0.5) is 11.5 Å². The molecule has 3 heterocycles. The third kappa shape index (κ3) is 5.03. The molecule has 31 heavy (non-hydrogen) atoms. The van der Waals surface area contributed by atoms with Gasteiger partial charge in [0.2, 0.25) is 0 Å². The van der Waals surface area contributed by atoms with E-state index in [0.29, 0.717) is 35.3 Å². The van der Waals surface area contributed by atoms with Gasteiger partial charge >= 0.3 is 11.8 Å². The Kier molecular flexibility index (Phi) is 7.25. The third-order valence-electron chi connectivity index (χ3n) is 5.98. The van der Waals surface area contributed by atoms with Crippen molar-refractivity contribution in [2.24, 2.45) is 11.8 Å². The minimum absolute atomic E-state index is 0.0430. The molecule has 1 fully saturated rings. The quantitative estimate of drug-likeness (QED) is 0.612. The lowest BCUT2D eigenvalue weighted by molar-refractivity contribution is -0.146. The van der Waals surface area contributed by atoms with Gasteiger partial charge in [0.25, 0.3) is 5.91 Å². The first-order chi connectivity index (χ1) is 14.7. The zero-order valence-corrected chi connectivity index (χ0v) is 19.3. The Labute approximate surface area is 187 Å². The number of anilines is 2. The van der Waals surface area contributed by atoms with Crippen LogP contribution in [0.5, 0.6) is 0 Å². The number of rotatable bonds is 4. The van der Waals surface area contributed by atoms with Crippen LogP contribution < -0.4 is 16.4 Å². The number of nitrogens with one attached hydrogen (secondary N) is 2. The number of hydrogen-bond acceptors (Lipinski definition) is 6. The molecule has 1 saturated heterocycles. The number of thioether (sulfide) groups is 1. The largest absolute Gasteiger partial charge is 0.383 e. The Morgan fingerprint density at radius 1 is 1.29 bits per heavy atom. The molecule has 2 aliphatic heterocycles. The summed E-state index contributed by atoms with van der Waals surface area (Å²) in [7, 11) is 1.61. The minimum atomic E-state index is -0.678. The van der Waals surface area contributed by atoms with E-state index in [4.69, 9.17) is 5.73 Å². The van der Waals surface area contributed by atoms with E-state index in [1.165, 1.54) is 18.0 Å². The number of aryl methyl sites for hydroxylation is 1. The van der Waals surface area contributed by atoms with Crippen LogP contribution in [-0.4, -0.2) is 52.5 Å². The molecule has 3 amide bonds. The number of nitrogens with zero attached hydrogens (tertiary/aromatic N) is 2. The summed E-state index contributed by atoms with van der Waals surface area (Å²) in [6.45, 7) is 6.62. The first-order valence-electron chi connectivity index (χ1n) is 10.7. The molecule has 0 bridgehead atoms. The Morgan fingerprint density at radius 2 is 2.03 bits per heavy atom. The number of aromatic nitrogens is 1. The van der Waals surface area contributed by atoms with Crippen LogP contribution in [0, 0.1) is 11.8 Å². The third-order valence-corrected chi connectivity index (χ3v) is 7.58. The molecule has 2 aliphatic rings. The molecular formula is C22H31N5O3S. The molecule has 3 rings (SSSR count). The van der Waals surface area contributed by atoms with Crippen LogP contribution in [0.3, 0.4) is 0 Å². The van der Waals surface area contributed by atoms with Crippen molar-refractivity contribution < 1.29 is 14.4 Å². The normalized spacial score (nSPS) is 25.7. The van der Waals surface area contributed by atoms with Crippen LogP contribution in [0.25, 0.3) is 0 Å². The topological polar surface area (TPSA) is 117 Å². The Balaban J connectivity index is 1.75. The van der Waals surface area contributed by atoms with E-state index in [-0.39, 0.29) is 23.1 Å². The summed E-state index contributed by atoms with van der Waals surface area (Å²) in [6, 6.07) is 1.64. The predicted octanol–water partition coefficient (Wildman–Crippen LogP) is 2.17. The lowest BCUT2D eigenvalue weighted by Gasteiger charge is -2.42. The number of allylic oxidation sites excluding steroid dienone is 1. The fourth-order valence-corrected chi connectivity index (χ4v) is 5.77. The first-order valence-corrected chi connectivity index (χ1v) is 11.6. The molecular weight excluding hydrogens is 414 g/mol. The smallest absolute Gasteiger partial charge is 0.313 e. The van der Waals surface area contributed by atoms with Gasteiger partial charge in [0, 0.05) is 24.9 Å². The molecule has 1 aromatic heterocycles. The van der Waals surface area contributed by atoms with Crippen molar-refractivity contribution >= 4 is 41.0 Å². The number of nitrogens with two attached hydrogens (primary N) is 1. The van der Waals surface area contributed by atoms with E-state index >= 15 is 0 Å². The van der Waals surface area contributed by atoms with Crippen molar-refractivity contribution in [2.75, 3.05) is 24.6 Å². The summed E-state index contributed by atoms with van der Waals surface area (Å²) in [4.78, 5) is 44.6. The van der Waals surface area contributed by atoms with E-state index in [1.807, 2.05) is 13.0 Å². The number of pyridine rings is 1. The maximum atomic E-state index is 13.2. The van der Waals surface area contributed by atoms with Gasteiger partial charge in [-0.15, -0.1) is 11.8 Å². The number of likely N-dealkylation sites (tertiary alicyclic amines) is 1. The van der Waals surface area contributed by atoms with Gasteiger partial charge < -0.3 is 21.3 Å². The maximum absolute atomic E-state index is 13.2. The van der Waals surface area contributed by atoms with E-state index < -0.39 is 11.8 Å². The number of carbonyl (C=O) groups is 3. The zero-order chi connectivity index (χ0) is 22.7. The molecule has 0 aromatic carbocycles. The Bertz CT molecular complexity index is 903. The van der Waals surface area contributed by atoms with Crippen molar-refractivity contribution in [3.05, 3.63) is 28.8 Å². The average molecular weight is 446 g/mol. The van der Waals surface area contributed by atoms with Crippen molar-refractivity contribution in [1.82, 2.24) is 15.2 Å². The summed E-state index contributed by atoms with van der Waals surface area (Å²) in [5.74, 6) is -0.478. The molecule has 1 aromatic rings. The van der Waals surface area contributed by atoms with Gasteiger partial charge in [-0.2, -0.15) is 0 Å². The molecule has 2 unspecified atom stereocenters. The number of nitrogen functional groups attached to an aromatic ring is 1. The Hall–Kier alpha value is -2.55. The fourth-order valence-electron chi connectivity index (χ4n) is 4.24. The van der Waals surface area contributed by atoms with Gasteiger partial charge in [0.05, 0.1) is 16.8 Å². The first kappa shape index (κ1) is 23.1. The second-order valence-corrected chi connectivity index (χ2v) is 9.55. The highest BCUT2D eigenvalue weighted by molar-refractivity contribution is 8.04. The molecule has 168 valence electrons. The number of amides is 3. The maximum Gasteiger partial charge on any atom is 0.313 e. The van der Waals surface area contributed by atoms with Crippen LogP contribution in [-0.2, 0) is 20.8 Å². The van der Waals surface area contributed by atoms with Crippen LogP contribution in [0.1, 0.15) is 39.2 Å². The van der Waals surface area contributed by atoms with Gasteiger partial charge in [-0.25, -0.2) is 4.98 Å². The molecule has 9 heteroatoms. The van der Waals surface area contributed by atoms with Crippen molar-refractivity contribution in [1.29, 1.82) is 0 Å². The Morgan fingerprint density at radius 3 is 2.71 bits per heavy atom. The number of piperidine rings is 1. The van der Waals surface area contributed by atoms with Crippen LogP contribution in [0.15, 0.2) is 23.2 Å². The minimum Gasteiger partial charge on any atom is -0.383 e. The molecule has 8 nitrogen and oxygen atoms in total. The van der Waals surface area contributed by atoms with Gasteiger partial charge in [0.1, 0.15) is 5.82 Å². The second-order valence-electron chi connectivity index (χ2n) is 8.34. The van der Waals surface area contributed by atoms with E-state index in [9.17, 15) is 14.4 Å². The summed E-state index contributed by atoms with van der Waals surface area (Å²) in [5, 5.41) is 5.39. The molecule has 0 aliphatic carbocycles.